The number of ketones is 1. The second kappa shape index (κ2) is 21.2. The fraction of sp³-hybridized carbons (Fsp3) is 0.341. The largest absolute Gasteiger partial charge is 0.512 e. The third kappa shape index (κ3) is 12.5. The van der Waals surface area contributed by atoms with E-state index >= 15 is 0 Å². The summed E-state index contributed by atoms with van der Waals surface area (Å²) in [5.41, 5.74) is 7.01. The van der Waals surface area contributed by atoms with Gasteiger partial charge in [0.1, 0.15) is 0 Å². The number of allylic oxidation sites excluding steroid dienone is 2. The second-order valence-electron chi connectivity index (χ2n) is 12.4. The molecule has 5 heteroatoms. The summed E-state index contributed by atoms with van der Waals surface area (Å²) in [6.07, 6.45) is 6.71. The van der Waals surface area contributed by atoms with E-state index < -0.39 is 0 Å². The van der Waals surface area contributed by atoms with Crippen molar-refractivity contribution >= 4 is 16.6 Å². The summed E-state index contributed by atoms with van der Waals surface area (Å²) < 4.78 is 16.3. The van der Waals surface area contributed by atoms with E-state index in [9.17, 15) is 9.90 Å². The zero-order valence-corrected chi connectivity index (χ0v) is 32.6. The van der Waals surface area contributed by atoms with Gasteiger partial charge in [0.2, 0.25) is 0 Å². The van der Waals surface area contributed by atoms with Crippen molar-refractivity contribution in [2.24, 2.45) is 11.8 Å². The van der Waals surface area contributed by atoms with Crippen LogP contribution in [0.4, 0.5) is 0 Å². The molecule has 49 heavy (non-hydrogen) atoms. The first kappa shape index (κ1) is 37.9. The Morgan fingerprint density at radius 2 is 1.57 bits per heavy atom. The summed E-state index contributed by atoms with van der Waals surface area (Å²) in [4.78, 5) is 20.3. The van der Waals surface area contributed by atoms with Gasteiger partial charge >= 0.3 is 0 Å². The SMILES string of the molecule is CCC(CC)C(=O)/C=C(\O)C(CC)CC.[2H]c1nc(-c2[c-]c(C)cc(C)c2)c2ccc(C(C)C)cc2c1[2H].[Ir].[c-]1ccccc1-c1ccccn1. The Balaban J connectivity index is 0.000000280. The van der Waals surface area contributed by atoms with E-state index in [0.717, 1.165) is 70.1 Å². The zero-order chi connectivity index (χ0) is 36.8. The maximum Gasteiger partial charge on any atom is 0.162 e. The Morgan fingerprint density at radius 1 is 0.878 bits per heavy atom. The molecule has 0 aliphatic heterocycles. The van der Waals surface area contributed by atoms with Gasteiger partial charge in [-0.25, -0.2) is 0 Å². The van der Waals surface area contributed by atoms with Crippen LogP contribution in [0.25, 0.3) is 33.3 Å². The number of aliphatic hydroxyl groups is 1. The minimum Gasteiger partial charge on any atom is -0.512 e. The number of hydrogen-bond donors (Lipinski definition) is 1. The van der Waals surface area contributed by atoms with Crippen molar-refractivity contribution in [3.05, 3.63) is 132 Å². The molecule has 2 aromatic heterocycles. The van der Waals surface area contributed by atoms with Crippen molar-refractivity contribution in [1.82, 2.24) is 9.97 Å². The summed E-state index contributed by atoms with van der Waals surface area (Å²) in [5, 5.41) is 11.5. The van der Waals surface area contributed by atoms with E-state index in [-0.39, 0.29) is 55.7 Å². The number of carbonyl (C=O) groups excluding carboxylic acids is 1. The number of carbonyl (C=O) groups is 1. The number of nitrogens with zero attached hydrogens (tertiary/aromatic N) is 2. The number of benzene rings is 3. The van der Waals surface area contributed by atoms with Gasteiger partial charge in [-0.15, -0.1) is 70.8 Å². The van der Waals surface area contributed by atoms with Gasteiger partial charge in [-0.2, -0.15) is 0 Å². The Hall–Kier alpha value is -3.92. The molecule has 0 spiro atoms. The van der Waals surface area contributed by atoms with Gasteiger partial charge < -0.3 is 15.1 Å². The number of aromatic nitrogens is 2. The first-order valence-corrected chi connectivity index (χ1v) is 17.2. The molecule has 0 unspecified atom stereocenters. The van der Waals surface area contributed by atoms with Crippen molar-refractivity contribution in [1.29, 1.82) is 0 Å². The molecule has 1 N–H and O–H groups in total. The molecule has 261 valence electrons. The summed E-state index contributed by atoms with van der Waals surface area (Å²) in [7, 11) is 0. The Kier molecular flexibility index (Phi) is 16.4. The first-order valence-electron chi connectivity index (χ1n) is 18.2. The molecular weight excluding hydrogens is 781 g/mol. The molecule has 0 bridgehead atoms. The minimum atomic E-state index is 0. The number of aryl methyl sites for hydroxylation is 2. The fourth-order valence-electron chi connectivity index (χ4n) is 5.52. The molecule has 0 fully saturated rings. The van der Waals surface area contributed by atoms with Crippen LogP contribution in [0.2, 0.25) is 0 Å². The van der Waals surface area contributed by atoms with Gasteiger partial charge in [-0.05, 0) is 71.4 Å². The average Bonchev–Trinajstić information content (AvgIpc) is 3.11. The van der Waals surface area contributed by atoms with Crippen LogP contribution in [0.1, 0.15) is 92.6 Å². The van der Waals surface area contributed by atoms with Crippen molar-refractivity contribution in [3.8, 4) is 22.5 Å². The van der Waals surface area contributed by atoms with Crippen LogP contribution in [-0.4, -0.2) is 20.9 Å². The standard InChI is InChI=1S/C20H20N.C13H24O2.C11H8N.Ir/c1-13(2)16-5-6-19-17(12-16)7-8-21-20(19)18-10-14(3)9-15(4)11-18;1-5-10(6-2)12(14)9-13(15)11(7-3)8-4;1-2-6-10(7-3-1)11-8-4-5-9-12-11;/h5-10,12-13H,1-4H3;9-11,14H,5-8H2,1-4H3;1-6,8-9H;/q-1;;-1;/b;12-9-;;/i7D,8D;;;. The van der Waals surface area contributed by atoms with Crippen LogP contribution in [0.15, 0.2) is 103 Å². The molecule has 0 atom stereocenters. The molecule has 2 heterocycles. The van der Waals surface area contributed by atoms with E-state index in [1.165, 1.54) is 11.6 Å². The monoisotopic (exact) mass is 835 g/mol. The second-order valence-corrected chi connectivity index (χ2v) is 12.4. The van der Waals surface area contributed by atoms with E-state index in [2.05, 4.69) is 48.1 Å². The normalized spacial score (nSPS) is 11.6. The Bertz CT molecular complexity index is 1790. The molecule has 5 aromatic rings. The summed E-state index contributed by atoms with van der Waals surface area (Å²) in [6.45, 7) is 16.4. The van der Waals surface area contributed by atoms with Crippen LogP contribution in [-0.2, 0) is 24.9 Å². The van der Waals surface area contributed by atoms with Gasteiger partial charge in [0.05, 0.1) is 8.50 Å². The molecular formula is C44H52IrN2O2-2. The maximum atomic E-state index is 11.7. The van der Waals surface area contributed by atoms with Crippen molar-refractivity contribution in [2.75, 3.05) is 0 Å². The first-order chi connectivity index (χ1) is 23.9. The Labute approximate surface area is 311 Å². The van der Waals surface area contributed by atoms with Crippen molar-refractivity contribution in [2.45, 2.75) is 87.0 Å². The van der Waals surface area contributed by atoms with Gasteiger partial charge in [0.15, 0.2) is 5.78 Å². The van der Waals surface area contributed by atoms with E-state index in [1.54, 1.807) is 6.20 Å². The van der Waals surface area contributed by atoms with Crippen LogP contribution >= 0.6 is 0 Å². The quantitative estimate of drug-likeness (QED) is 0.0865. The third-order valence-electron chi connectivity index (χ3n) is 8.46. The predicted octanol–water partition coefficient (Wildman–Crippen LogP) is 11.9. The topological polar surface area (TPSA) is 63.1 Å². The van der Waals surface area contributed by atoms with Gasteiger partial charge in [-0.3, -0.25) is 4.79 Å². The van der Waals surface area contributed by atoms with Crippen LogP contribution in [0.3, 0.4) is 0 Å². The van der Waals surface area contributed by atoms with Crippen LogP contribution in [0, 0.1) is 37.8 Å². The molecule has 0 saturated carbocycles. The van der Waals surface area contributed by atoms with Crippen molar-refractivity contribution < 1.29 is 32.7 Å². The van der Waals surface area contributed by atoms with E-state index in [4.69, 9.17) is 2.74 Å². The average molecular weight is 835 g/mol. The summed E-state index contributed by atoms with van der Waals surface area (Å²) in [6, 6.07) is 30.6. The van der Waals surface area contributed by atoms with E-state index in [0.29, 0.717) is 5.92 Å². The van der Waals surface area contributed by atoms with Crippen LogP contribution in [0.5, 0.6) is 0 Å². The van der Waals surface area contributed by atoms with E-state index in [1.807, 2.05) is 102 Å². The zero-order valence-electron chi connectivity index (χ0n) is 32.2. The molecule has 0 saturated heterocycles. The molecule has 3 aromatic carbocycles. The Morgan fingerprint density at radius 3 is 2.14 bits per heavy atom. The number of fused-ring (bicyclic) bond motifs is 1. The fourth-order valence-corrected chi connectivity index (χ4v) is 5.52. The molecule has 0 amide bonds. The maximum absolute atomic E-state index is 11.7. The summed E-state index contributed by atoms with van der Waals surface area (Å²) >= 11 is 0. The molecule has 0 aliphatic rings. The molecule has 5 rings (SSSR count). The van der Waals surface area contributed by atoms with Gasteiger partial charge in [-0.1, -0.05) is 85.7 Å². The number of aliphatic hydroxyl groups excluding tert-OH is 1. The minimum absolute atomic E-state index is 0. The number of pyridine rings is 2. The smallest absolute Gasteiger partial charge is 0.162 e. The predicted molar refractivity (Wildman–Crippen MR) is 202 cm³/mol. The molecule has 1 radical (unpaired) electrons. The van der Waals surface area contributed by atoms with Gasteiger partial charge in [0.25, 0.3) is 0 Å². The summed E-state index contributed by atoms with van der Waals surface area (Å²) in [5.74, 6) is 0.934. The third-order valence-corrected chi connectivity index (χ3v) is 8.46. The van der Waals surface area contributed by atoms with Crippen LogP contribution < -0.4 is 0 Å². The number of rotatable bonds is 10. The number of hydrogen-bond acceptors (Lipinski definition) is 4. The molecule has 0 aliphatic carbocycles. The molecule has 4 nitrogen and oxygen atoms in total. The van der Waals surface area contributed by atoms with Gasteiger partial charge in [0, 0.05) is 50.4 Å². The van der Waals surface area contributed by atoms with Crippen molar-refractivity contribution in [3.63, 3.8) is 0 Å².